The zero-order chi connectivity index (χ0) is 16.9. The summed E-state index contributed by atoms with van der Waals surface area (Å²) >= 11 is 1.42. The third-order valence-electron chi connectivity index (χ3n) is 4.21. The molecule has 1 fully saturated rings. The molecule has 1 saturated heterocycles. The average Bonchev–Trinajstić information content (AvgIpc) is 3.24. The highest BCUT2D eigenvalue weighted by Crippen LogP contribution is 2.30. The Kier molecular flexibility index (Phi) is 5.47. The van der Waals surface area contributed by atoms with Gasteiger partial charge in [-0.2, -0.15) is 0 Å². The Morgan fingerprint density at radius 2 is 2.38 bits per heavy atom. The van der Waals surface area contributed by atoms with Gasteiger partial charge in [0.1, 0.15) is 5.82 Å². The number of methoxy groups -OCH3 is 1. The average molecular weight is 349 g/mol. The Balaban J connectivity index is 1.73. The van der Waals surface area contributed by atoms with Crippen LogP contribution in [0.1, 0.15) is 43.7 Å². The van der Waals surface area contributed by atoms with Crippen molar-refractivity contribution in [1.29, 1.82) is 0 Å². The number of nitrogens with one attached hydrogen (secondary N) is 1. The van der Waals surface area contributed by atoms with Gasteiger partial charge in [-0.15, -0.1) is 11.3 Å². The molecule has 3 rings (SSSR count). The SMILES string of the molecule is CCn1ccnc1[C@H]1CCCCN1C(=O)Nc1nc(COC)cs1. The maximum absolute atomic E-state index is 12.8. The summed E-state index contributed by atoms with van der Waals surface area (Å²) in [7, 11) is 1.63. The number of amides is 2. The van der Waals surface area contributed by atoms with Gasteiger partial charge < -0.3 is 14.2 Å². The summed E-state index contributed by atoms with van der Waals surface area (Å²) in [5, 5.41) is 5.43. The predicted octanol–water partition coefficient (Wildman–Crippen LogP) is 3.27. The minimum Gasteiger partial charge on any atom is -0.378 e. The summed E-state index contributed by atoms with van der Waals surface area (Å²) < 4.78 is 7.17. The molecule has 1 aliphatic rings. The molecule has 1 aliphatic heterocycles. The van der Waals surface area contributed by atoms with E-state index < -0.39 is 0 Å². The Labute approximate surface area is 145 Å². The summed E-state index contributed by atoms with van der Waals surface area (Å²) in [5.74, 6) is 0.964. The van der Waals surface area contributed by atoms with E-state index in [0.29, 0.717) is 11.7 Å². The van der Waals surface area contributed by atoms with Crippen LogP contribution in [0.2, 0.25) is 0 Å². The zero-order valence-electron chi connectivity index (χ0n) is 14.1. The van der Waals surface area contributed by atoms with Crippen molar-refractivity contribution in [1.82, 2.24) is 19.4 Å². The molecule has 3 heterocycles. The normalized spacial score (nSPS) is 17.9. The molecule has 24 heavy (non-hydrogen) atoms. The third kappa shape index (κ3) is 3.59. The van der Waals surface area contributed by atoms with Crippen LogP contribution in [0.3, 0.4) is 0 Å². The number of urea groups is 1. The minimum absolute atomic E-state index is 0.0205. The van der Waals surface area contributed by atoms with Crippen molar-refractivity contribution in [3.05, 3.63) is 29.3 Å². The molecule has 2 aromatic heterocycles. The Morgan fingerprint density at radius 3 is 3.17 bits per heavy atom. The summed E-state index contributed by atoms with van der Waals surface area (Å²) in [5.41, 5.74) is 0.828. The first kappa shape index (κ1) is 16.9. The molecule has 0 saturated carbocycles. The number of rotatable bonds is 5. The number of piperidine rings is 1. The summed E-state index contributed by atoms with van der Waals surface area (Å²) in [6.07, 6.45) is 6.85. The number of thiazole rings is 1. The molecule has 7 nitrogen and oxygen atoms in total. The molecule has 130 valence electrons. The lowest BCUT2D eigenvalue weighted by molar-refractivity contribution is 0.157. The summed E-state index contributed by atoms with van der Waals surface area (Å²) in [6.45, 7) is 4.13. The zero-order valence-corrected chi connectivity index (χ0v) is 14.9. The lowest BCUT2D eigenvalue weighted by Crippen LogP contribution is -2.42. The quantitative estimate of drug-likeness (QED) is 0.899. The number of aryl methyl sites for hydroxylation is 1. The van der Waals surface area contributed by atoms with Gasteiger partial charge in [0, 0.05) is 38.0 Å². The van der Waals surface area contributed by atoms with Crippen molar-refractivity contribution >= 4 is 22.5 Å². The number of anilines is 1. The van der Waals surface area contributed by atoms with E-state index in [1.165, 1.54) is 11.3 Å². The largest absolute Gasteiger partial charge is 0.378 e. The van der Waals surface area contributed by atoms with Crippen molar-refractivity contribution in [3.63, 3.8) is 0 Å². The topological polar surface area (TPSA) is 72.3 Å². The van der Waals surface area contributed by atoms with Gasteiger partial charge in [0.2, 0.25) is 0 Å². The first-order chi connectivity index (χ1) is 11.7. The Hall–Kier alpha value is -1.93. The number of hydrogen-bond acceptors (Lipinski definition) is 5. The molecule has 1 N–H and O–H groups in total. The van der Waals surface area contributed by atoms with Crippen LogP contribution in [0.25, 0.3) is 0 Å². The number of carbonyl (C=O) groups is 1. The van der Waals surface area contributed by atoms with Crippen molar-refractivity contribution in [2.24, 2.45) is 0 Å². The van der Waals surface area contributed by atoms with Crippen molar-refractivity contribution in [2.45, 2.75) is 45.4 Å². The van der Waals surface area contributed by atoms with Crippen molar-refractivity contribution in [3.8, 4) is 0 Å². The minimum atomic E-state index is -0.108. The molecule has 0 aromatic carbocycles. The standard InChI is InChI=1S/C16H23N5O2S/c1-3-20-9-7-17-14(20)13-6-4-5-8-21(13)16(22)19-15-18-12(10-23-2)11-24-15/h7,9,11,13H,3-6,8,10H2,1-2H3,(H,18,19,22)/t13-/m1/s1. The fourth-order valence-corrected chi connectivity index (χ4v) is 3.76. The van der Waals surface area contributed by atoms with E-state index in [1.807, 2.05) is 16.5 Å². The monoisotopic (exact) mass is 349 g/mol. The molecular weight excluding hydrogens is 326 g/mol. The van der Waals surface area contributed by atoms with E-state index >= 15 is 0 Å². The molecule has 2 aromatic rings. The lowest BCUT2D eigenvalue weighted by Gasteiger charge is -2.35. The highest BCUT2D eigenvalue weighted by molar-refractivity contribution is 7.13. The molecule has 1 atom stereocenters. The van der Waals surface area contributed by atoms with Gasteiger partial charge in [-0.05, 0) is 26.2 Å². The van der Waals surface area contributed by atoms with Crippen LogP contribution in [0.5, 0.6) is 0 Å². The van der Waals surface area contributed by atoms with Gasteiger partial charge in [-0.25, -0.2) is 14.8 Å². The third-order valence-corrected chi connectivity index (χ3v) is 5.01. The molecule has 8 heteroatoms. The van der Waals surface area contributed by atoms with Gasteiger partial charge >= 0.3 is 6.03 Å². The number of aromatic nitrogens is 3. The fourth-order valence-electron chi connectivity index (χ4n) is 3.07. The van der Waals surface area contributed by atoms with Gasteiger partial charge in [0.25, 0.3) is 0 Å². The Bertz CT molecular complexity index is 684. The molecule has 0 radical (unpaired) electrons. The van der Waals surface area contributed by atoms with Crippen LogP contribution in [0.4, 0.5) is 9.93 Å². The second-order valence-electron chi connectivity index (χ2n) is 5.78. The number of likely N-dealkylation sites (tertiary alicyclic amines) is 1. The first-order valence-electron chi connectivity index (χ1n) is 8.25. The molecule has 0 aliphatic carbocycles. The molecular formula is C16H23N5O2S. The molecule has 0 unspecified atom stereocenters. The van der Waals surface area contributed by atoms with Crippen LogP contribution in [-0.2, 0) is 17.9 Å². The van der Waals surface area contributed by atoms with E-state index in [-0.39, 0.29) is 12.1 Å². The first-order valence-corrected chi connectivity index (χ1v) is 9.13. The van der Waals surface area contributed by atoms with E-state index in [9.17, 15) is 4.79 Å². The summed E-state index contributed by atoms with van der Waals surface area (Å²) in [4.78, 5) is 23.5. The van der Waals surface area contributed by atoms with Crippen molar-refractivity contribution in [2.75, 3.05) is 19.0 Å². The van der Waals surface area contributed by atoms with Crippen LogP contribution < -0.4 is 5.32 Å². The lowest BCUT2D eigenvalue weighted by atomic mass is 10.0. The molecule has 2 amide bonds. The number of carbonyl (C=O) groups excluding carboxylic acids is 1. The Morgan fingerprint density at radius 1 is 1.50 bits per heavy atom. The van der Waals surface area contributed by atoms with Gasteiger partial charge in [0.05, 0.1) is 18.3 Å². The highest BCUT2D eigenvalue weighted by atomic mass is 32.1. The maximum Gasteiger partial charge on any atom is 0.324 e. The van der Waals surface area contributed by atoms with Gasteiger partial charge in [-0.3, -0.25) is 5.32 Å². The number of nitrogens with zero attached hydrogens (tertiary/aromatic N) is 4. The smallest absolute Gasteiger partial charge is 0.324 e. The van der Waals surface area contributed by atoms with Crippen LogP contribution in [0.15, 0.2) is 17.8 Å². The maximum atomic E-state index is 12.8. The molecule has 0 bridgehead atoms. The summed E-state index contributed by atoms with van der Waals surface area (Å²) in [6, 6.07) is -0.0872. The van der Waals surface area contributed by atoms with Crippen LogP contribution in [-0.4, -0.2) is 39.1 Å². The van der Waals surface area contributed by atoms with Crippen molar-refractivity contribution < 1.29 is 9.53 Å². The van der Waals surface area contributed by atoms with E-state index in [1.54, 1.807) is 13.3 Å². The highest BCUT2D eigenvalue weighted by Gasteiger charge is 2.31. The fraction of sp³-hybridized carbons (Fsp3) is 0.562. The second kappa shape index (κ2) is 7.76. The number of hydrogen-bond donors (Lipinski definition) is 1. The second-order valence-corrected chi connectivity index (χ2v) is 6.64. The van der Waals surface area contributed by atoms with Crippen LogP contribution in [0, 0.1) is 0 Å². The number of ether oxygens (including phenoxy) is 1. The van der Waals surface area contributed by atoms with E-state index in [4.69, 9.17) is 4.74 Å². The molecule has 0 spiro atoms. The predicted molar refractivity (Wildman–Crippen MR) is 93.0 cm³/mol. The van der Waals surface area contributed by atoms with Crippen LogP contribution >= 0.6 is 11.3 Å². The van der Waals surface area contributed by atoms with E-state index in [2.05, 4.69) is 26.8 Å². The number of imidazole rings is 1. The van der Waals surface area contributed by atoms with Gasteiger partial charge in [-0.1, -0.05) is 0 Å². The van der Waals surface area contributed by atoms with Gasteiger partial charge in [0.15, 0.2) is 5.13 Å². The van der Waals surface area contributed by atoms with E-state index in [0.717, 1.165) is 43.9 Å².